The molecule has 5 aromatic rings. The van der Waals surface area contributed by atoms with Crippen molar-refractivity contribution in [1.82, 2.24) is 29.4 Å². The number of hydrogen-bond acceptors (Lipinski definition) is 7. The Hall–Kier alpha value is -5.03. The number of aromatic nitrogens is 4. The summed E-state index contributed by atoms with van der Waals surface area (Å²) in [6.45, 7) is 4.20. The number of hydrogen-bond donors (Lipinski definition) is 2. The van der Waals surface area contributed by atoms with Crippen LogP contribution in [0.3, 0.4) is 0 Å². The SMILES string of the molecule is C[C@@H](NC(=O)c1c(N)nn2cccnc12)c1cc2cccc(N3CC4(CCN(C)CC4)C3=O)c2c(=O)n1-c1ccccc1. The number of anilines is 2. The molecule has 0 aliphatic carbocycles. The number of rotatable bonds is 5. The second kappa shape index (κ2) is 10.1. The predicted octanol–water partition coefficient (Wildman–Crippen LogP) is 3.17. The number of nitrogens with one attached hydrogen (secondary N) is 1. The third-order valence-corrected chi connectivity index (χ3v) is 8.90. The Labute approximate surface area is 247 Å². The number of nitrogens with zero attached hydrogens (tertiary/aromatic N) is 6. The normalized spacial score (nSPS) is 17.3. The first-order valence-corrected chi connectivity index (χ1v) is 14.4. The summed E-state index contributed by atoms with van der Waals surface area (Å²) in [5.41, 5.74) is 7.86. The molecule has 7 rings (SSSR count). The molecule has 2 amide bonds. The largest absolute Gasteiger partial charge is 0.381 e. The Balaban J connectivity index is 1.30. The molecule has 2 fully saturated rings. The second-order valence-electron chi connectivity index (χ2n) is 11.6. The highest BCUT2D eigenvalue weighted by Crippen LogP contribution is 2.45. The molecule has 2 aromatic carbocycles. The van der Waals surface area contributed by atoms with Gasteiger partial charge in [-0.05, 0) is 75.6 Å². The first-order valence-electron chi connectivity index (χ1n) is 14.4. The minimum Gasteiger partial charge on any atom is -0.381 e. The van der Waals surface area contributed by atoms with Crippen molar-refractivity contribution < 1.29 is 9.59 Å². The van der Waals surface area contributed by atoms with Gasteiger partial charge in [-0.1, -0.05) is 30.3 Å². The maximum Gasteiger partial charge on any atom is 0.265 e. The lowest BCUT2D eigenvalue weighted by Gasteiger charge is -2.52. The number of amides is 2. The summed E-state index contributed by atoms with van der Waals surface area (Å²) in [6.07, 6.45) is 4.89. The van der Waals surface area contributed by atoms with Gasteiger partial charge in [-0.2, -0.15) is 0 Å². The average Bonchev–Trinajstić information content (AvgIpc) is 3.36. The van der Waals surface area contributed by atoms with Gasteiger partial charge in [0.25, 0.3) is 11.5 Å². The van der Waals surface area contributed by atoms with E-state index in [0.717, 1.165) is 25.9 Å². The van der Waals surface area contributed by atoms with Gasteiger partial charge in [0.1, 0.15) is 5.56 Å². The molecule has 5 heterocycles. The van der Waals surface area contributed by atoms with Crippen molar-refractivity contribution in [3.63, 3.8) is 0 Å². The molecule has 2 aliphatic heterocycles. The molecule has 0 bridgehead atoms. The zero-order valence-electron chi connectivity index (χ0n) is 24.0. The van der Waals surface area contributed by atoms with E-state index < -0.39 is 11.9 Å². The van der Waals surface area contributed by atoms with Crippen LogP contribution in [-0.2, 0) is 4.79 Å². The Morgan fingerprint density at radius 3 is 2.56 bits per heavy atom. The number of fused-ring (bicyclic) bond motifs is 2. The van der Waals surface area contributed by atoms with Crippen molar-refractivity contribution in [3.8, 4) is 5.69 Å². The van der Waals surface area contributed by atoms with Crippen molar-refractivity contribution in [1.29, 1.82) is 0 Å². The number of para-hydroxylation sites is 1. The van der Waals surface area contributed by atoms with Crippen LogP contribution in [0.1, 0.15) is 41.9 Å². The highest BCUT2D eigenvalue weighted by atomic mass is 16.2. The minimum atomic E-state index is -0.598. The van der Waals surface area contributed by atoms with Crippen molar-refractivity contribution in [2.75, 3.05) is 37.3 Å². The molecule has 3 N–H and O–H groups in total. The first-order chi connectivity index (χ1) is 20.8. The van der Waals surface area contributed by atoms with Crippen LogP contribution in [0.15, 0.2) is 77.9 Å². The van der Waals surface area contributed by atoms with E-state index >= 15 is 0 Å². The number of nitrogen functional groups attached to an aromatic ring is 1. The van der Waals surface area contributed by atoms with Crippen LogP contribution in [0.5, 0.6) is 0 Å². The number of piperidine rings is 1. The maximum atomic E-state index is 14.4. The summed E-state index contributed by atoms with van der Waals surface area (Å²) in [7, 11) is 2.08. The molecule has 2 saturated heterocycles. The molecule has 1 atom stereocenters. The fourth-order valence-corrected chi connectivity index (χ4v) is 6.47. The molecule has 11 heteroatoms. The lowest BCUT2D eigenvalue weighted by molar-refractivity contribution is -0.138. The number of carbonyl (C=O) groups excluding carboxylic acids is 2. The minimum absolute atomic E-state index is 0.0635. The van der Waals surface area contributed by atoms with Crippen LogP contribution < -0.4 is 21.5 Å². The van der Waals surface area contributed by atoms with Gasteiger partial charge in [0.15, 0.2) is 11.5 Å². The number of benzene rings is 2. The van der Waals surface area contributed by atoms with Crippen LogP contribution in [-0.4, -0.2) is 62.6 Å². The monoisotopic (exact) mass is 576 g/mol. The molecule has 11 nitrogen and oxygen atoms in total. The summed E-state index contributed by atoms with van der Waals surface area (Å²) in [6, 6.07) is 17.9. The van der Waals surface area contributed by atoms with Crippen LogP contribution >= 0.6 is 0 Å². The van der Waals surface area contributed by atoms with E-state index in [-0.39, 0.29) is 28.3 Å². The number of nitrogens with two attached hydrogens (primary N) is 1. The molecule has 0 saturated carbocycles. The number of β-lactam (4-membered cyclic amide) rings is 1. The van der Waals surface area contributed by atoms with Crippen LogP contribution in [0.25, 0.3) is 22.1 Å². The van der Waals surface area contributed by atoms with Crippen LogP contribution in [0.2, 0.25) is 0 Å². The number of carbonyl (C=O) groups is 2. The van der Waals surface area contributed by atoms with E-state index in [9.17, 15) is 14.4 Å². The van der Waals surface area contributed by atoms with Gasteiger partial charge in [-0.15, -0.1) is 5.10 Å². The quantitative estimate of drug-likeness (QED) is 0.307. The molecular formula is C32H32N8O3. The smallest absolute Gasteiger partial charge is 0.265 e. The van der Waals surface area contributed by atoms with E-state index in [2.05, 4.69) is 27.3 Å². The van der Waals surface area contributed by atoms with Gasteiger partial charge < -0.3 is 20.9 Å². The van der Waals surface area contributed by atoms with Crippen molar-refractivity contribution in [2.45, 2.75) is 25.8 Å². The highest BCUT2D eigenvalue weighted by molar-refractivity contribution is 6.10. The third kappa shape index (κ3) is 4.26. The molecular weight excluding hydrogens is 544 g/mol. The molecule has 2 aliphatic rings. The van der Waals surface area contributed by atoms with E-state index in [0.29, 0.717) is 40.0 Å². The van der Waals surface area contributed by atoms with Gasteiger partial charge in [-0.3, -0.25) is 19.0 Å². The summed E-state index contributed by atoms with van der Waals surface area (Å²) in [4.78, 5) is 49.8. The van der Waals surface area contributed by atoms with Crippen molar-refractivity contribution in [3.05, 3.63) is 94.7 Å². The number of pyridine rings is 1. The molecule has 0 radical (unpaired) electrons. The third-order valence-electron chi connectivity index (χ3n) is 8.90. The molecule has 43 heavy (non-hydrogen) atoms. The fraction of sp³-hybridized carbons (Fsp3) is 0.281. The lowest BCUT2D eigenvalue weighted by atomic mass is 9.70. The highest BCUT2D eigenvalue weighted by Gasteiger charge is 2.53. The second-order valence-corrected chi connectivity index (χ2v) is 11.6. The zero-order valence-corrected chi connectivity index (χ0v) is 24.0. The van der Waals surface area contributed by atoms with Crippen molar-refractivity contribution >= 4 is 39.7 Å². The van der Waals surface area contributed by atoms with E-state index in [4.69, 9.17) is 5.73 Å². The van der Waals surface area contributed by atoms with E-state index in [1.54, 1.807) is 27.9 Å². The van der Waals surface area contributed by atoms with E-state index in [1.807, 2.05) is 61.5 Å². The van der Waals surface area contributed by atoms with Crippen LogP contribution in [0, 0.1) is 5.41 Å². The molecule has 218 valence electrons. The molecule has 3 aromatic heterocycles. The lowest BCUT2D eigenvalue weighted by Crippen LogP contribution is -2.64. The summed E-state index contributed by atoms with van der Waals surface area (Å²) in [5, 5.41) is 8.37. The van der Waals surface area contributed by atoms with Gasteiger partial charge in [0.2, 0.25) is 5.91 Å². The fourth-order valence-electron chi connectivity index (χ4n) is 6.47. The summed E-state index contributed by atoms with van der Waals surface area (Å²) < 4.78 is 3.07. The van der Waals surface area contributed by atoms with Gasteiger partial charge in [-0.25, -0.2) is 9.50 Å². The van der Waals surface area contributed by atoms with Gasteiger partial charge in [0, 0.05) is 30.3 Å². The van der Waals surface area contributed by atoms with Crippen molar-refractivity contribution in [2.24, 2.45) is 5.41 Å². The standard InChI is InChI=1S/C32H32N8O3/c1-20(35-29(41)26-27(33)36-39-15-7-14-34-28(26)39)24-18-21-8-6-11-23(25(21)30(42)40(24)22-9-4-3-5-10-22)38-19-32(31(38)43)12-16-37(2)17-13-32/h3-11,14-15,18,20H,12-13,16-17,19H2,1-2H3,(H2,33,36)(H,35,41)/t20-/m1/s1. The Morgan fingerprint density at radius 1 is 1.05 bits per heavy atom. The number of likely N-dealkylation sites (tertiary alicyclic amines) is 1. The topological polar surface area (TPSA) is 131 Å². The molecule has 1 spiro atoms. The maximum absolute atomic E-state index is 14.4. The zero-order chi connectivity index (χ0) is 29.9. The first kappa shape index (κ1) is 26.8. The Morgan fingerprint density at radius 2 is 1.81 bits per heavy atom. The Kier molecular flexibility index (Phi) is 6.28. The Bertz CT molecular complexity index is 1960. The summed E-state index contributed by atoms with van der Waals surface area (Å²) >= 11 is 0. The average molecular weight is 577 g/mol. The summed E-state index contributed by atoms with van der Waals surface area (Å²) in [5.74, 6) is -0.300. The van der Waals surface area contributed by atoms with Crippen LogP contribution in [0.4, 0.5) is 11.5 Å². The van der Waals surface area contributed by atoms with E-state index in [1.165, 1.54) is 4.52 Å². The van der Waals surface area contributed by atoms with Gasteiger partial charge in [0.05, 0.1) is 22.5 Å². The predicted molar refractivity (Wildman–Crippen MR) is 164 cm³/mol. The van der Waals surface area contributed by atoms with Gasteiger partial charge >= 0.3 is 0 Å². The molecule has 0 unspecified atom stereocenters.